The van der Waals surface area contributed by atoms with E-state index in [2.05, 4.69) is 17.6 Å². The van der Waals surface area contributed by atoms with Crippen molar-refractivity contribution in [2.45, 2.75) is 78.4 Å². The molecule has 1 aliphatic carbocycles. The molecule has 0 radical (unpaired) electrons. The molecule has 0 bridgehead atoms. The molecule has 9 heteroatoms. The summed E-state index contributed by atoms with van der Waals surface area (Å²) in [5, 5.41) is 6.80. The van der Waals surface area contributed by atoms with E-state index in [1.54, 1.807) is 11.9 Å². The Morgan fingerprint density at radius 2 is 1.88 bits per heavy atom. The number of hydrogen-bond acceptors (Lipinski definition) is 4. The molecular weight excluding hydrogens is 521 g/mol. The van der Waals surface area contributed by atoms with Crippen molar-refractivity contribution in [3.8, 4) is 0 Å². The van der Waals surface area contributed by atoms with E-state index in [0.717, 1.165) is 44.9 Å². The first-order valence-corrected chi connectivity index (χ1v) is 11.9. The Kier molecular flexibility index (Phi) is 12.1. The van der Waals surface area contributed by atoms with E-state index in [9.17, 15) is 9.59 Å². The topological polar surface area (TPSA) is 86.3 Å². The van der Waals surface area contributed by atoms with Crippen molar-refractivity contribution in [2.75, 3.05) is 39.8 Å². The van der Waals surface area contributed by atoms with Crippen molar-refractivity contribution in [1.29, 1.82) is 0 Å². The van der Waals surface area contributed by atoms with Crippen LogP contribution in [0.3, 0.4) is 0 Å². The summed E-state index contributed by atoms with van der Waals surface area (Å²) >= 11 is 0. The molecule has 0 aromatic rings. The summed E-state index contributed by atoms with van der Waals surface area (Å²) in [5.41, 5.74) is -0.497. The lowest BCUT2D eigenvalue weighted by atomic mass is 10.1. The van der Waals surface area contributed by atoms with Crippen LogP contribution in [0.4, 0.5) is 4.79 Å². The number of nitrogens with zero attached hydrogens (tertiary/aromatic N) is 3. The Bertz CT molecular complexity index is 632. The van der Waals surface area contributed by atoms with Gasteiger partial charge in [0.2, 0.25) is 5.91 Å². The molecule has 0 spiro atoms. The first kappa shape index (κ1) is 28.8. The van der Waals surface area contributed by atoms with Gasteiger partial charge in [-0.3, -0.25) is 9.79 Å². The lowest BCUT2D eigenvalue weighted by Crippen LogP contribution is -2.45. The number of guanidine groups is 1. The zero-order chi connectivity index (χ0) is 23.0. The molecular formula is C23H44IN5O3. The van der Waals surface area contributed by atoms with Crippen LogP contribution in [-0.4, -0.2) is 79.2 Å². The van der Waals surface area contributed by atoms with Gasteiger partial charge in [0.15, 0.2) is 5.96 Å². The van der Waals surface area contributed by atoms with Crippen molar-refractivity contribution < 1.29 is 14.3 Å². The van der Waals surface area contributed by atoms with Crippen molar-refractivity contribution in [1.82, 2.24) is 20.4 Å². The predicted molar refractivity (Wildman–Crippen MR) is 140 cm³/mol. The molecule has 32 heavy (non-hydrogen) atoms. The van der Waals surface area contributed by atoms with Crippen molar-refractivity contribution in [3.05, 3.63) is 0 Å². The number of ether oxygens (including phenoxy) is 1. The zero-order valence-electron chi connectivity index (χ0n) is 20.8. The largest absolute Gasteiger partial charge is 0.444 e. The normalized spacial score (nSPS) is 20.5. The number of likely N-dealkylation sites (tertiary alicyclic amines) is 1. The molecule has 2 fully saturated rings. The highest BCUT2D eigenvalue weighted by molar-refractivity contribution is 14.0. The Morgan fingerprint density at radius 3 is 2.47 bits per heavy atom. The summed E-state index contributed by atoms with van der Waals surface area (Å²) in [5.74, 6) is 1.54. The van der Waals surface area contributed by atoms with Crippen LogP contribution in [0.1, 0.15) is 66.7 Å². The van der Waals surface area contributed by atoms with Gasteiger partial charge in [-0.15, -0.1) is 24.0 Å². The Hall–Kier alpha value is -1.26. The van der Waals surface area contributed by atoms with Gasteiger partial charge in [-0.25, -0.2) is 4.79 Å². The van der Waals surface area contributed by atoms with Crippen LogP contribution >= 0.6 is 24.0 Å². The van der Waals surface area contributed by atoms with Gasteiger partial charge in [0.1, 0.15) is 5.60 Å². The SMILES string of the molecule is CCNC(=NCC(C)CN(C)C(=O)OC(C)(C)C)NC1CCN(C(=O)C2CCCC2)C1.I. The summed E-state index contributed by atoms with van der Waals surface area (Å²) in [6.07, 6.45) is 5.10. The number of amides is 2. The van der Waals surface area contributed by atoms with E-state index in [0.29, 0.717) is 19.0 Å². The molecule has 1 saturated heterocycles. The zero-order valence-corrected chi connectivity index (χ0v) is 23.1. The van der Waals surface area contributed by atoms with E-state index in [-0.39, 0.29) is 47.9 Å². The second-order valence-electron chi connectivity index (χ2n) is 10.1. The van der Waals surface area contributed by atoms with Crippen LogP contribution in [0, 0.1) is 11.8 Å². The van der Waals surface area contributed by atoms with Crippen molar-refractivity contribution >= 4 is 41.9 Å². The van der Waals surface area contributed by atoms with Gasteiger partial charge in [-0.1, -0.05) is 19.8 Å². The quantitative estimate of drug-likeness (QED) is 0.281. The molecule has 2 N–H and O–H groups in total. The number of halogens is 1. The highest BCUT2D eigenvalue weighted by Gasteiger charge is 2.32. The van der Waals surface area contributed by atoms with Crippen LogP contribution < -0.4 is 10.6 Å². The first-order valence-electron chi connectivity index (χ1n) is 11.9. The monoisotopic (exact) mass is 565 g/mol. The van der Waals surface area contributed by atoms with E-state index in [4.69, 9.17) is 9.73 Å². The van der Waals surface area contributed by atoms with E-state index in [1.807, 2.05) is 32.6 Å². The number of nitrogens with one attached hydrogen (secondary N) is 2. The van der Waals surface area contributed by atoms with Crippen LogP contribution in [0.5, 0.6) is 0 Å². The smallest absolute Gasteiger partial charge is 0.410 e. The van der Waals surface area contributed by atoms with E-state index < -0.39 is 5.60 Å². The van der Waals surface area contributed by atoms with Gasteiger partial charge in [0, 0.05) is 51.7 Å². The van der Waals surface area contributed by atoms with Crippen LogP contribution in [0.15, 0.2) is 4.99 Å². The third-order valence-corrected chi connectivity index (χ3v) is 5.74. The highest BCUT2D eigenvalue weighted by atomic mass is 127. The summed E-state index contributed by atoms with van der Waals surface area (Å²) in [4.78, 5) is 33.2. The maximum absolute atomic E-state index is 12.7. The second kappa shape index (κ2) is 13.4. The van der Waals surface area contributed by atoms with Gasteiger partial charge in [-0.05, 0) is 52.9 Å². The molecule has 1 saturated carbocycles. The van der Waals surface area contributed by atoms with Gasteiger partial charge >= 0.3 is 6.09 Å². The molecule has 0 aromatic carbocycles. The van der Waals surface area contributed by atoms with E-state index >= 15 is 0 Å². The molecule has 186 valence electrons. The summed E-state index contributed by atoms with van der Waals surface area (Å²) in [6, 6.07) is 0.225. The Balaban J connectivity index is 0.00000512. The standard InChI is InChI=1S/C23H43N5O3.HI/c1-7-24-21(25-14-17(2)15-27(6)22(30)31-23(3,4)5)26-19-12-13-28(16-19)20(29)18-10-8-9-11-18;/h17-19H,7-16H2,1-6H3,(H2,24,25,26);1H. The molecule has 2 amide bonds. The fraction of sp³-hybridized carbons (Fsp3) is 0.870. The van der Waals surface area contributed by atoms with Crippen LogP contribution in [0.2, 0.25) is 0 Å². The van der Waals surface area contributed by atoms with Gasteiger partial charge in [0.25, 0.3) is 0 Å². The molecule has 1 heterocycles. The molecule has 1 aliphatic heterocycles. The number of rotatable bonds is 7. The van der Waals surface area contributed by atoms with Crippen LogP contribution in [0.25, 0.3) is 0 Å². The Labute approximate surface area is 211 Å². The maximum Gasteiger partial charge on any atom is 0.410 e. The fourth-order valence-electron chi connectivity index (χ4n) is 4.21. The van der Waals surface area contributed by atoms with Gasteiger partial charge in [-0.2, -0.15) is 0 Å². The Morgan fingerprint density at radius 1 is 1.22 bits per heavy atom. The van der Waals surface area contributed by atoms with Crippen LogP contribution in [-0.2, 0) is 9.53 Å². The third kappa shape index (κ3) is 9.70. The maximum atomic E-state index is 12.7. The van der Waals surface area contributed by atoms with Gasteiger partial charge in [0.05, 0.1) is 0 Å². The third-order valence-electron chi connectivity index (χ3n) is 5.74. The van der Waals surface area contributed by atoms with E-state index in [1.165, 1.54) is 12.8 Å². The minimum atomic E-state index is -0.497. The highest BCUT2D eigenvalue weighted by Crippen LogP contribution is 2.27. The summed E-state index contributed by atoms with van der Waals surface area (Å²) in [6.45, 7) is 13.2. The summed E-state index contributed by atoms with van der Waals surface area (Å²) < 4.78 is 5.41. The minimum Gasteiger partial charge on any atom is -0.444 e. The molecule has 2 aliphatic rings. The van der Waals surface area contributed by atoms with Crippen molar-refractivity contribution in [2.24, 2.45) is 16.8 Å². The second-order valence-corrected chi connectivity index (χ2v) is 10.1. The van der Waals surface area contributed by atoms with Gasteiger partial charge < -0.3 is 25.2 Å². The summed E-state index contributed by atoms with van der Waals surface area (Å²) in [7, 11) is 1.76. The molecule has 0 aromatic heterocycles. The lowest BCUT2D eigenvalue weighted by molar-refractivity contribution is -0.134. The average Bonchev–Trinajstić information content (AvgIpc) is 3.36. The van der Waals surface area contributed by atoms with Crippen molar-refractivity contribution in [3.63, 3.8) is 0 Å². The number of hydrogen-bond donors (Lipinski definition) is 2. The average molecular weight is 566 g/mol. The minimum absolute atomic E-state index is 0. The molecule has 2 unspecified atom stereocenters. The molecule has 2 atom stereocenters. The molecule has 2 rings (SSSR count). The predicted octanol–water partition coefficient (Wildman–Crippen LogP) is 3.45. The number of carbonyl (C=O) groups excluding carboxylic acids is 2. The molecule has 8 nitrogen and oxygen atoms in total. The lowest BCUT2D eigenvalue weighted by Gasteiger charge is -2.26. The number of carbonyl (C=O) groups is 2. The number of aliphatic imine (C=N–C) groups is 1. The first-order chi connectivity index (χ1) is 14.6. The fourth-order valence-corrected chi connectivity index (χ4v) is 4.21.